The molecule has 2 N–H and O–H groups in total. The highest BCUT2D eigenvalue weighted by Crippen LogP contribution is 2.30. The van der Waals surface area contributed by atoms with Crippen LogP contribution in [0.25, 0.3) is 22.6 Å². The molecule has 6 nitrogen and oxygen atoms in total. The molecule has 0 aliphatic heterocycles. The second-order valence-electron chi connectivity index (χ2n) is 6.82. The number of rotatable bonds is 4. The Kier molecular flexibility index (Phi) is 5.88. The standard InChI is InChI=1S/C23H18ClN3O3S/c1-13-3-10-20-19(11-13)25-22(30-20)15-6-9-17(24)18(12-15)26-23(31)27-21(28)14-4-7-16(29-2)8-5-14/h3-12H,1-2H3,(H2,26,27,28,31). The van der Waals surface area contributed by atoms with E-state index in [-0.39, 0.29) is 11.0 Å². The van der Waals surface area contributed by atoms with Gasteiger partial charge in [-0.1, -0.05) is 17.7 Å². The molecule has 4 aromatic rings. The summed E-state index contributed by atoms with van der Waals surface area (Å²) in [6.07, 6.45) is 0. The number of aromatic nitrogens is 1. The topological polar surface area (TPSA) is 76.4 Å². The van der Waals surface area contributed by atoms with Crippen LogP contribution in [0.1, 0.15) is 15.9 Å². The van der Waals surface area contributed by atoms with Crippen LogP contribution < -0.4 is 15.4 Å². The molecule has 1 heterocycles. The molecule has 0 aliphatic carbocycles. The number of fused-ring (bicyclic) bond motifs is 1. The molecule has 0 aliphatic rings. The van der Waals surface area contributed by atoms with Gasteiger partial charge in [0.15, 0.2) is 10.7 Å². The molecule has 156 valence electrons. The van der Waals surface area contributed by atoms with Crippen LogP contribution in [-0.2, 0) is 0 Å². The number of anilines is 1. The van der Waals surface area contributed by atoms with Crippen LogP contribution in [0, 0.1) is 6.92 Å². The second-order valence-corrected chi connectivity index (χ2v) is 7.64. The summed E-state index contributed by atoms with van der Waals surface area (Å²) in [6, 6.07) is 17.8. The molecule has 31 heavy (non-hydrogen) atoms. The number of aryl methyl sites for hydroxylation is 1. The van der Waals surface area contributed by atoms with Gasteiger partial charge in [-0.25, -0.2) is 4.98 Å². The van der Waals surface area contributed by atoms with Crippen molar-refractivity contribution in [3.8, 4) is 17.2 Å². The average molecular weight is 452 g/mol. The molecule has 0 fully saturated rings. The molecule has 1 aromatic heterocycles. The number of methoxy groups -OCH3 is 1. The molecular formula is C23H18ClN3O3S. The maximum Gasteiger partial charge on any atom is 0.257 e. The highest BCUT2D eigenvalue weighted by molar-refractivity contribution is 7.80. The third-order valence-corrected chi connectivity index (χ3v) is 5.12. The highest BCUT2D eigenvalue weighted by Gasteiger charge is 2.13. The minimum absolute atomic E-state index is 0.119. The van der Waals surface area contributed by atoms with E-state index in [0.29, 0.717) is 33.5 Å². The third-order valence-electron chi connectivity index (χ3n) is 4.58. The summed E-state index contributed by atoms with van der Waals surface area (Å²) in [5, 5.41) is 6.16. The van der Waals surface area contributed by atoms with Crippen LogP contribution in [0.15, 0.2) is 65.1 Å². The van der Waals surface area contributed by atoms with Crippen molar-refractivity contribution in [1.29, 1.82) is 0 Å². The molecule has 0 radical (unpaired) electrons. The second kappa shape index (κ2) is 8.75. The summed E-state index contributed by atoms with van der Waals surface area (Å²) < 4.78 is 11.0. The SMILES string of the molecule is COc1ccc(C(=O)NC(=S)Nc2cc(-c3nc4cc(C)ccc4o3)ccc2Cl)cc1. The van der Waals surface area contributed by atoms with E-state index in [1.54, 1.807) is 43.5 Å². The number of thiocarbonyl (C=S) groups is 1. The van der Waals surface area contributed by atoms with Crippen molar-refractivity contribution in [2.75, 3.05) is 12.4 Å². The normalized spacial score (nSPS) is 10.7. The summed E-state index contributed by atoms with van der Waals surface area (Å²) in [5.41, 5.74) is 4.28. The number of oxazole rings is 1. The molecule has 0 saturated carbocycles. The van der Waals surface area contributed by atoms with E-state index >= 15 is 0 Å². The highest BCUT2D eigenvalue weighted by atomic mass is 35.5. The van der Waals surface area contributed by atoms with Crippen molar-refractivity contribution in [2.24, 2.45) is 0 Å². The smallest absolute Gasteiger partial charge is 0.257 e. The van der Waals surface area contributed by atoms with E-state index in [0.717, 1.165) is 16.6 Å². The van der Waals surface area contributed by atoms with Gasteiger partial charge in [-0.15, -0.1) is 0 Å². The fourth-order valence-corrected chi connectivity index (χ4v) is 3.35. The summed E-state index contributed by atoms with van der Waals surface area (Å²) in [6.45, 7) is 2.00. The Labute approximate surface area is 189 Å². The largest absolute Gasteiger partial charge is 0.497 e. The summed E-state index contributed by atoms with van der Waals surface area (Å²) in [7, 11) is 1.56. The molecule has 0 unspecified atom stereocenters. The van der Waals surface area contributed by atoms with E-state index in [4.69, 9.17) is 33.0 Å². The number of amides is 1. The molecule has 0 saturated heterocycles. The molecule has 0 spiro atoms. The zero-order valence-electron chi connectivity index (χ0n) is 16.7. The first kappa shape index (κ1) is 20.8. The van der Waals surface area contributed by atoms with Crippen LogP contribution in [-0.4, -0.2) is 23.1 Å². The zero-order valence-corrected chi connectivity index (χ0v) is 18.3. The van der Waals surface area contributed by atoms with Crippen molar-refractivity contribution >= 4 is 51.6 Å². The first-order valence-electron chi connectivity index (χ1n) is 9.36. The maximum absolute atomic E-state index is 12.4. The number of carbonyl (C=O) groups excluding carboxylic acids is 1. The van der Waals surface area contributed by atoms with Gasteiger partial charge < -0.3 is 14.5 Å². The lowest BCUT2D eigenvalue weighted by Crippen LogP contribution is -2.34. The molecule has 0 bridgehead atoms. The Morgan fingerprint density at radius 2 is 1.87 bits per heavy atom. The molecule has 4 rings (SSSR count). The molecule has 3 aromatic carbocycles. The van der Waals surface area contributed by atoms with Crippen LogP contribution >= 0.6 is 23.8 Å². The molecule has 1 amide bonds. The van der Waals surface area contributed by atoms with Crippen LogP contribution in [0.2, 0.25) is 5.02 Å². The van der Waals surface area contributed by atoms with E-state index in [1.807, 2.05) is 31.2 Å². The van der Waals surface area contributed by atoms with Gasteiger partial charge in [-0.2, -0.15) is 0 Å². The van der Waals surface area contributed by atoms with Gasteiger partial charge in [0.1, 0.15) is 11.3 Å². The van der Waals surface area contributed by atoms with Crippen molar-refractivity contribution in [1.82, 2.24) is 10.3 Å². The van der Waals surface area contributed by atoms with Crippen LogP contribution in [0.3, 0.4) is 0 Å². The molecule has 8 heteroatoms. The number of hydrogen-bond acceptors (Lipinski definition) is 5. The van der Waals surface area contributed by atoms with Gasteiger partial charge in [0, 0.05) is 11.1 Å². The van der Waals surface area contributed by atoms with Gasteiger partial charge in [-0.3, -0.25) is 10.1 Å². The number of ether oxygens (including phenoxy) is 1. The van der Waals surface area contributed by atoms with Crippen molar-refractivity contribution in [3.05, 3.63) is 76.8 Å². The third kappa shape index (κ3) is 4.68. The Morgan fingerprint density at radius 1 is 1.10 bits per heavy atom. The fourth-order valence-electron chi connectivity index (χ4n) is 2.99. The lowest BCUT2D eigenvalue weighted by Gasteiger charge is -2.12. The Morgan fingerprint density at radius 3 is 2.61 bits per heavy atom. The predicted octanol–water partition coefficient (Wildman–Crippen LogP) is 5.59. The predicted molar refractivity (Wildman–Crippen MR) is 126 cm³/mol. The molecule has 0 atom stereocenters. The first-order valence-corrected chi connectivity index (χ1v) is 10.1. The Hall–Kier alpha value is -3.42. The summed E-state index contributed by atoms with van der Waals surface area (Å²) >= 11 is 11.6. The first-order chi connectivity index (χ1) is 14.9. The number of hydrogen-bond donors (Lipinski definition) is 2. The number of halogens is 1. The number of nitrogens with zero attached hydrogens (tertiary/aromatic N) is 1. The fraction of sp³-hybridized carbons (Fsp3) is 0.0870. The van der Waals surface area contributed by atoms with E-state index < -0.39 is 0 Å². The Bertz CT molecular complexity index is 1290. The minimum Gasteiger partial charge on any atom is -0.497 e. The van der Waals surface area contributed by atoms with Crippen LogP contribution in [0.4, 0.5) is 5.69 Å². The summed E-state index contributed by atoms with van der Waals surface area (Å²) in [4.78, 5) is 17.0. The number of benzene rings is 3. The van der Waals surface area contributed by atoms with Crippen molar-refractivity contribution in [3.63, 3.8) is 0 Å². The quantitative estimate of drug-likeness (QED) is 0.394. The minimum atomic E-state index is -0.346. The summed E-state index contributed by atoms with van der Waals surface area (Å²) in [5.74, 6) is 0.783. The van der Waals surface area contributed by atoms with Crippen molar-refractivity contribution < 1.29 is 13.9 Å². The van der Waals surface area contributed by atoms with Gasteiger partial charge >= 0.3 is 0 Å². The lowest BCUT2D eigenvalue weighted by molar-refractivity contribution is 0.0977. The van der Waals surface area contributed by atoms with Gasteiger partial charge in [0.25, 0.3) is 5.91 Å². The van der Waals surface area contributed by atoms with Crippen molar-refractivity contribution in [2.45, 2.75) is 6.92 Å². The maximum atomic E-state index is 12.4. The number of nitrogens with one attached hydrogen (secondary N) is 2. The monoisotopic (exact) mass is 451 g/mol. The van der Waals surface area contributed by atoms with Gasteiger partial charge in [-0.05, 0) is 79.3 Å². The van der Waals surface area contributed by atoms with E-state index in [1.165, 1.54) is 0 Å². The van der Waals surface area contributed by atoms with E-state index in [2.05, 4.69) is 15.6 Å². The van der Waals surface area contributed by atoms with E-state index in [9.17, 15) is 4.79 Å². The lowest BCUT2D eigenvalue weighted by atomic mass is 10.2. The molecular weight excluding hydrogens is 434 g/mol. The van der Waals surface area contributed by atoms with Gasteiger partial charge in [0.05, 0.1) is 17.8 Å². The van der Waals surface area contributed by atoms with Gasteiger partial charge in [0.2, 0.25) is 5.89 Å². The zero-order chi connectivity index (χ0) is 22.0. The average Bonchev–Trinajstić information content (AvgIpc) is 3.18. The number of carbonyl (C=O) groups is 1. The Balaban J connectivity index is 1.51. The van der Waals surface area contributed by atoms with Crippen LogP contribution in [0.5, 0.6) is 5.75 Å².